The van der Waals surface area contributed by atoms with Gasteiger partial charge in [-0.05, 0) is 60.5 Å². The third-order valence-corrected chi connectivity index (χ3v) is 4.12. The quantitative estimate of drug-likeness (QED) is 0.194. The highest BCUT2D eigenvalue weighted by Gasteiger charge is 2.10. The summed E-state index contributed by atoms with van der Waals surface area (Å²) in [5.41, 5.74) is 4.54. The largest absolute Gasteiger partial charge is 0.493 e. The first-order valence-electron chi connectivity index (χ1n) is 9.76. The summed E-state index contributed by atoms with van der Waals surface area (Å²) in [5.74, 6) is 0.0845. The van der Waals surface area contributed by atoms with Crippen LogP contribution in [0.4, 0.5) is 0 Å². The van der Waals surface area contributed by atoms with Gasteiger partial charge in [-0.15, -0.1) is 0 Å². The van der Waals surface area contributed by atoms with Gasteiger partial charge in [0.1, 0.15) is 11.5 Å². The summed E-state index contributed by atoms with van der Waals surface area (Å²) in [6.45, 7) is 2.32. The van der Waals surface area contributed by atoms with E-state index < -0.39 is 5.97 Å². The van der Waals surface area contributed by atoms with Crippen molar-refractivity contribution in [1.29, 1.82) is 0 Å². The van der Waals surface area contributed by atoms with Crippen LogP contribution in [0.15, 0.2) is 90.0 Å². The number of hydrazone groups is 1. The summed E-state index contributed by atoms with van der Waals surface area (Å²) in [4.78, 5) is 24.2. The summed E-state index contributed by atoms with van der Waals surface area (Å²) in [6, 6.07) is 23.2. The Morgan fingerprint density at radius 3 is 2.35 bits per heavy atom. The maximum Gasteiger partial charge on any atom is 0.336 e. The van der Waals surface area contributed by atoms with E-state index in [4.69, 9.17) is 9.47 Å². The van der Waals surface area contributed by atoms with Crippen LogP contribution in [0.2, 0.25) is 0 Å². The second-order valence-electron chi connectivity index (χ2n) is 6.36. The predicted octanol–water partition coefficient (Wildman–Crippen LogP) is 4.47. The average Bonchev–Trinajstić information content (AvgIpc) is 2.80. The van der Waals surface area contributed by atoms with Crippen molar-refractivity contribution in [3.8, 4) is 11.5 Å². The Balaban J connectivity index is 1.53. The molecule has 0 fully saturated rings. The molecule has 6 nitrogen and oxygen atoms in total. The van der Waals surface area contributed by atoms with E-state index in [0.717, 1.165) is 11.1 Å². The van der Waals surface area contributed by atoms with E-state index in [2.05, 4.69) is 10.5 Å². The molecule has 0 atom stereocenters. The van der Waals surface area contributed by atoms with Crippen molar-refractivity contribution in [3.63, 3.8) is 0 Å². The second-order valence-corrected chi connectivity index (χ2v) is 6.36. The van der Waals surface area contributed by atoms with Crippen LogP contribution in [0.25, 0.3) is 6.08 Å². The number of rotatable bonds is 8. The maximum absolute atomic E-state index is 12.3. The summed E-state index contributed by atoms with van der Waals surface area (Å²) in [7, 11) is 0. The van der Waals surface area contributed by atoms with Crippen LogP contribution < -0.4 is 14.9 Å². The minimum absolute atomic E-state index is 0.365. The van der Waals surface area contributed by atoms with Crippen molar-refractivity contribution in [2.45, 2.75) is 6.92 Å². The van der Waals surface area contributed by atoms with Crippen molar-refractivity contribution in [3.05, 3.63) is 102 Å². The number of hydrogen-bond acceptors (Lipinski definition) is 5. The van der Waals surface area contributed by atoms with E-state index >= 15 is 0 Å². The Morgan fingerprint density at radius 1 is 0.903 bits per heavy atom. The van der Waals surface area contributed by atoms with Crippen molar-refractivity contribution in [2.75, 3.05) is 6.61 Å². The van der Waals surface area contributed by atoms with E-state index in [1.807, 2.05) is 37.3 Å². The molecule has 0 radical (unpaired) electrons. The minimum atomic E-state index is -0.467. The lowest BCUT2D eigenvalue weighted by Crippen LogP contribution is -2.18. The van der Waals surface area contributed by atoms with Gasteiger partial charge in [-0.2, -0.15) is 5.10 Å². The number of nitrogens with zero attached hydrogens (tertiary/aromatic N) is 1. The zero-order valence-electron chi connectivity index (χ0n) is 17.0. The molecule has 1 N–H and O–H groups in total. The highest BCUT2D eigenvalue weighted by molar-refractivity contribution is 5.97. The van der Waals surface area contributed by atoms with Crippen LogP contribution >= 0.6 is 0 Å². The first-order valence-corrected chi connectivity index (χ1v) is 9.76. The molecule has 0 aliphatic heterocycles. The highest BCUT2D eigenvalue weighted by Crippen LogP contribution is 2.17. The van der Waals surface area contributed by atoms with Crippen LogP contribution in [0.1, 0.15) is 28.4 Å². The molecule has 1 amide bonds. The monoisotopic (exact) mass is 414 g/mol. The van der Waals surface area contributed by atoms with Gasteiger partial charge >= 0.3 is 5.97 Å². The van der Waals surface area contributed by atoms with E-state index in [9.17, 15) is 9.59 Å². The Labute approximate surface area is 180 Å². The fourth-order valence-corrected chi connectivity index (χ4v) is 2.66. The van der Waals surface area contributed by atoms with Crippen molar-refractivity contribution in [2.24, 2.45) is 5.10 Å². The van der Waals surface area contributed by atoms with E-state index in [-0.39, 0.29) is 5.91 Å². The fraction of sp³-hybridized carbons (Fsp3) is 0.0800. The van der Waals surface area contributed by atoms with Crippen molar-refractivity contribution >= 4 is 24.2 Å². The number of hydrogen-bond donors (Lipinski definition) is 1. The molecule has 3 aromatic rings. The molecular formula is C25H22N2O4. The fourth-order valence-electron chi connectivity index (χ4n) is 2.66. The molecule has 0 saturated heterocycles. The van der Waals surface area contributed by atoms with Gasteiger partial charge in [-0.25, -0.2) is 10.2 Å². The molecule has 0 bridgehead atoms. The molecule has 6 heteroatoms. The lowest BCUT2D eigenvalue weighted by atomic mass is 10.2. The molecule has 0 aliphatic carbocycles. The summed E-state index contributed by atoms with van der Waals surface area (Å²) in [5, 5.41) is 3.97. The third-order valence-electron chi connectivity index (χ3n) is 4.12. The average molecular weight is 414 g/mol. The second kappa shape index (κ2) is 11.1. The molecule has 0 aliphatic rings. The topological polar surface area (TPSA) is 77.0 Å². The molecule has 3 rings (SSSR count). The molecule has 0 spiro atoms. The van der Waals surface area contributed by atoms with Crippen molar-refractivity contribution < 1.29 is 19.1 Å². The summed E-state index contributed by atoms with van der Waals surface area (Å²) >= 11 is 0. The number of amides is 1. The van der Waals surface area contributed by atoms with Crippen LogP contribution in [0.5, 0.6) is 11.5 Å². The van der Waals surface area contributed by atoms with Gasteiger partial charge in [0, 0.05) is 6.08 Å². The predicted molar refractivity (Wildman–Crippen MR) is 120 cm³/mol. The van der Waals surface area contributed by atoms with Gasteiger partial charge < -0.3 is 9.47 Å². The Hall–Kier alpha value is -4.19. The Bertz CT molecular complexity index is 1070. The molecule has 3 aromatic carbocycles. The van der Waals surface area contributed by atoms with Gasteiger partial charge in [-0.1, -0.05) is 42.5 Å². The number of carbonyl (C=O) groups is 2. The smallest absolute Gasteiger partial charge is 0.336 e. The van der Waals surface area contributed by atoms with Gasteiger partial charge in [-0.3, -0.25) is 4.79 Å². The normalized spacial score (nSPS) is 10.9. The van der Waals surface area contributed by atoms with E-state index in [0.29, 0.717) is 23.7 Å². The number of benzene rings is 3. The summed E-state index contributed by atoms with van der Waals surface area (Å²) < 4.78 is 10.7. The molecule has 0 aromatic heterocycles. The molecule has 0 unspecified atom stereocenters. The number of carbonyl (C=O) groups excluding carboxylic acids is 2. The van der Waals surface area contributed by atoms with Crippen LogP contribution in [-0.2, 0) is 4.79 Å². The SMILES string of the molecule is CCOc1ccccc1C(=O)N/N=C\c1ccc(OC(=O)/C=C/c2ccccc2)cc1. The number of para-hydroxylation sites is 1. The molecule has 0 heterocycles. The number of ether oxygens (including phenoxy) is 2. The van der Waals surface area contributed by atoms with E-state index in [1.54, 1.807) is 54.6 Å². The van der Waals surface area contributed by atoms with Gasteiger partial charge in [0.05, 0.1) is 18.4 Å². The number of nitrogens with one attached hydrogen (secondary N) is 1. The first-order chi connectivity index (χ1) is 15.2. The highest BCUT2D eigenvalue weighted by atomic mass is 16.5. The Morgan fingerprint density at radius 2 is 1.61 bits per heavy atom. The zero-order chi connectivity index (χ0) is 21.9. The molecule has 156 valence electrons. The molecule has 31 heavy (non-hydrogen) atoms. The lowest BCUT2D eigenvalue weighted by Gasteiger charge is -2.08. The lowest BCUT2D eigenvalue weighted by molar-refractivity contribution is -0.128. The zero-order valence-corrected chi connectivity index (χ0v) is 17.0. The maximum atomic E-state index is 12.3. The standard InChI is InChI=1S/C25H22N2O4/c1-2-30-23-11-7-6-10-22(23)25(29)27-26-18-20-12-15-21(16-13-20)31-24(28)17-14-19-8-4-3-5-9-19/h3-18H,2H2,1H3,(H,27,29)/b17-14+,26-18-. The van der Waals surface area contributed by atoms with Gasteiger partial charge in [0.25, 0.3) is 5.91 Å². The van der Waals surface area contributed by atoms with Gasteiger partial charge in [0.2, 0.25) is 0 Å². The first kappa shape index (κ1) is 21.5. The van der Waals surface area contributed by atoms with Gasteiger partial charge in [0.15, 0.2) is 0 Å². The van der Waals surface area contributed by atoms with Crippen LogP contribution in [0, 0.1) is 0 Å². The summed E-state index contributed by atoms with van der Waals surface area (Å²) in [6.07, 6.45) is 4.57. The Kier molecular flexibility index (Phi) is 7.71. The molecule has 0 saturated carbocycles. The van der Waals surface area contributed by atoms with Crippen LogP contribution in [0.3, 0.4) is 0 Å². The van der Waals surface area contributed by atoms with Crippen molar-refractivity contribution in [1.82, 2.24) is 5.43 Å². The van der Waals surface area contributed by atoms with E-state index in [1.165, 1.54) is 12.3 Å². The van der Waals surface area contributed by atoms with Crippen LogP contribution in [-0.4, -0.2) is 24.7 Å². The number of esters is 1. The third kappa shape index (κ3) is 6.68. The molecular weight excluding hydrogens is 392 g/mol. The minimum Gasteiger partial charge on any atom is -0.493 e.